The summed E-state index contributed by atoms with van der Waals surface area (Å²) >= 11 is 3.36. The molecule has 3 N–H and O–H groups in total. The number of alkyl halides is 1. The Balaban J connectivity index is -0.000000150. The van der Waals surface area contributed by atoms with E-state index in [1.165, 1.54) is 19.3 Å². The van der Waals surface area contributed by atoms with Gasteiger partial charge in [0.05, 0.1) is 0 Å². The first-order valence-electron chi connectivity index (χ1n) is 3.55. The SMILES string of the molecule is O=P(O)(O)O.[CH2-]CCCCCBr.[Na+]. The van der Waals surface area contributed by atoms with Crippen LogP contribution in [0.15, 0.2) is 0 Å². The minimum atomic E-state index is -4.64. The maximum atomic E-state index is 8.88. The number of rotatable bonds is 4. The van der Waals surface area contributed by atoms with E-state index in [1.807, 2.05) is 0 Å². The van der Waals surface area contributed by atoms with Gasteiger partial charge in [-0.05, 0) is 6.42 Å². The van der Waals surface area contributed by atoms with E-state index in [-0.39, 0.29) is 29.6 Å². The maximum Gasteiger partial charge on any atom is 1.00 e. The molecule has 0 bridgehead atoms. The molecule has 0 rings (SSSR count). The standard InChI is InChI=1S/C6H12Br.Na.H3O4P/c1-2-3-4-5-6-7;;1-5(2,3)4/h1-6H2;;(H3,1,2,3,4)/q-1;+1;. The van der Waals surface area contributed by atoms with Gasteiger partial charge in [-0.15, -0.1) is 0 Å². The molecule has 0 atom stereocenters. The minimum Gasteiger partial charge on any atom is -0.343 e. The summed E-state index contributed by atoms with van der Waals surface area (Å²) in [4.78, 5) is 21.6. The quantitative estimate of drug-likeness (QED) is 0.200. The molecule has 7 heteroatoms. The molecular weight excluding hydrogens is 270 g/mol. The fourth-order valence-corrected chi connectivity index (χ4v) is 0.845. The Morgan fingerprint density at radius 2 is 1.54 bits per heavy atom. The van der Waals surface area contributed by atoms with Gasteiger partial charge in [0.2, 0.25) is 0 Å². The smallest absolute Gasteiger partial charge is 0.343 e. The third-order valence-corrected chi connectivity index (χ3v) is 1.44. The zero-order valence-corrected chi connectivity index (χ0v) is 12.3. The fraction of sp³-hybridized carbons (Fsp3) is 0.833. The van der Waals surface area contributed by atoms with Crippen LogP contribution in [-0.4, -0.2) is 20.0 Å². The molecule has 0 heterocycles. The molecule has 0 fully saturated rings. The van der Waals surface area contributed by atoms with Crippen LogP contribution in [-0.2, 0) is 4.57 Å². The Morgan fingerprint density at radius 3 is 1.77 bits per heavy atom. The molecule has 0 aliphatic carbocycles. The molecule has 0 aliphatic rings. The van der Waals surface area contributed by atoms with Crippen molar-refractivity contribution in [1.82, 2.24) is 0 Å². The van der Waals surface area contributed by atoms with Crippen molar-refractivity contribution >= 4 is 23.8 Å². The molecule has 0 saturated carbocycles. The first kappa shape index (κ1) is 20.1. The van der Waals surface area contributed by atoms with E-state index in [9.17, 15) is 0 Å². The van der Waals surface area contributed by atoms with Crippen LogP contribution in [0.5, 0.6) is 0 Å². The minimum absolute atomic E-state index is 0. The molecule has 0 aromatic heterocycles. The van der Waals surface area contributed by atoms with Crippen LogP contribution in [0.25, 0.3) is 0 Å². The van der Waals surface area contributed by atoms with Crippen LogP contribution in [0.4, 0.5) is 0 Å². The molecular formula is C6H15BrNaO4P. The Kier molecular flexibility index (Phi) is 21.0. The van der Waals surface area contributed by atoms with Gasteiger partial charge in [-0.1, -0.05) is 28.8 Å². The van der Waals surface area contributed by atoms with Crippen molar-refractivity contribution in [2.75, 3.05) is 5.33 Å². The van der Waals surface area contributed by atoms with Gasteiger partial charge in [0.15, 0.2) is 0 Å². The van der Waals surface area contributed by atoms with Crippen molar-refractivity contribution in [2.45, 2.75) is 25.7 Å². The molecule has 0 radical (unpaired) electrons. The third kappa shape index (κ3) is 58.4. The van der Waals surface area contributed by atoms with Crippen molar-refractivity contribution in [3.8, 4) is 0 Å². The van der Waals surface area contributed by atoms with Crippen LogP contribution in [0.3, 0.4) is 0 Å². The van der Waals surface area contributed by atoms with Gasteiger partial charge in [0.1, 0.15) is 0 Å². The molecule has 4 nitrogen and oxygen atoms in total. The Labute approximate surface area is 110 Å². The molecule has 0 aromatic rings. The predicted molar refractivity (Wildman–Crippen MR) is 51.9 cm³/mol. The van der Waals surface area contributed by atoms with E-state index >= 15 is 0 Å². The molecule has 0 saturated heterocycles. The van der Waals surface area contributed by atoms with Gasteiger partial charge in [0, 0.05) is 5.33 Å². The number of unbranched alkanes of at least 4 members (excludes halogenated alkanes) is 3. The summed E-state index contributed by atoms with van der Waals surface area (Å²) in [5, 5.41) is 1.15. The van der Waals surface area contributed by atoms with Crippen molar-refractivity contribution < 1.29 is 48.8 Å². The number of phosphoric acid groups is 1. The van der Waals surface area contributed by atoms with Gasteiger partial charge >= 0.3 is 37.4 Å². The van der Waals surface area contributed by atoms with Crippen molar-refractivity contribution in [2.24, 2.45) is 0 Å². The summed E-state index contributed by atoms with van der Waals surface area (Å²) in [6, 6.07) is 0. The van der Waals surface area contributed by atoms with E-state index in [0.29, 0.717) is 0 Å². The molecule has 13 heavy (non-hydrogen) atoms. The first-order valence-corrected chi connectivity index (χ1v) is 6.24. The largest absolute Gasteiger partial charge is 1.00 e. The van der Waals surface area contributed by atoms with E-state index < -0.39 is 7.82 Å². The molecule has 0 spiro atoms. The maximum absolute atomic E-state index is 8.88. The summed E-state index contributed by atoms with van der Waals surface area (Å²) in [6.45, 7) is 3.74. The van der Waals surface area contributed by atoms with Gasteiger partial charge in [-0.25, -0.2) is 4.57 Å². The fourth-order valence-electron chi connectivity index (χ4n) is 0.448. The van der Waals surface area contributed by atoms with Crippen LogP contribution >= 0.6 is 23.8 Å². The molecule has 0 aromatic carbocycles. The topological polar surface area (TPSA) is 77.8 Å². The van der Waals surface area contributed by atoms with Crippen LogP contribution in [0.2, 0.25) is 0 Å². The van der Waals surface area contributed by atoms with Gasteiger partial charge < -0.3 is 21.6 Å². The van der Waals surface area contributed by atoms with Crippen molar-refractivity contribution in [3.05, 3.63) is 6.92 Å². The predicted octanol–water partition coefficient (Wildman–Crippen LogP) is -1.15. The van der Waals surface area contributed by atoms with Crippen molar-refractivity contribution in [1.29, 1.82) is 0 Å². The van der Waals surface area contributed by atoms with Gasteiger partial charge in [0.25, 0.3) is 0 Å². The second-order valence-corrected chi connectivity index (χ2v) is 3.94. The van der Waals surface area contributed by atoms with E-state index in [0.717, 1.165) is 11.8 Å². The summed E-state index contributed by atoms with van der Waals surface area (Å²) in [5.74, 6) is 0. The van der Waals surface area contributed by atoms with E-state index in [2.05, 4.69) is 22.9 Å². The average molecular weight is 285 g/mol. The van der Waals surface area contributed by atoms with E-state index in [4.69, 9.17) is 19.2 Å². The number of halogens is 1. The average Bonchev–Trinajstić information content (AvgIpc) is 1.85. The summed E-state index contributed by atoms with van der Waals surface area (Å²) in [5.41, 5.74) is 0. The number of hydrogen-bond donors (Lipinski definition) is 3. The Bertz CT molecular complexity index is 118. The normalized spacial score (nSPS) is 9.62. The van der Waals surface area contributed by atoms with Crippen LogP contribution in [0, 0.1) is 6.92 Å². The Hall–Kier alpha value is 1.59. The van der Waals surface area contributed by atoms with Gasteiger partial charge in [-0.2, -0.15) is 6.42 Å². The second kappa shape index (κ2) is 13.6. The summed E-state index contributed by atoms with van der Waals surface area (Å²) in [6.07, 6.45) is 5.00. The number of hydrogen-bond acceptors (Lipinski definition) is 1. The van der Waals surface area contributed by atoms with E-state index in [1.54, 1.807) is 0 Å². The Morgan fingerprint density at radius 1 is 1.15 bits per heavy atom. The zero-order valence-electron chi connectivity index (χ0n) is 7.82. The second-order valence-electron chi connectivity index (χ2n) is 2.12. The molecule has 0 unspecified atom stereocenters. The molecule has 76 valence electrons. The molecule has 0 amide bonds. The molecule has 0 aliphatic heterocycles. The third-order valence-electron chi connectivity index (χ3n) is 0.884. The monoisotopic (exact) mass is 284 g/mol. The zero-order chi connectivity index (χ0) is 10.0. The van der Waals surface area contributed by atoms with Crippen molar-refractivity contribution in [3.63, 3.8) is 0 Å². The van der Waals surface area contributed by atoms with Gasteiger partial charge in [-0.3, -0.25) is 0 Å². The first-order chi connectivity index (χ1) is 5.41. The summed E-state index contributed by atoms with van der Waals surface area (Å²) < 4.78 is 8.88. The van der Waals surface area contributed by atoms with Crippen LogP contribution < -0.4 is 29.6 Å². The summed E-state index contributed by atoms with van der Waals surface area (Å²) in [7, 11) is -4.64. The van der Waals surface area contributed by atoms with Crippen LogP contribution in [0.1, 0.15) is 25.7 Å².